The average Bonchev–Trinajstić information content (AvgIpc) is 2.99. The van der Waals surface area contributed by atoms with Crippen LogP contribution < -0.4 is 0 Å². The fraction of sp³-hybridized carbons (Fsp3) is 0.750. The molecule has 0 spiro atoms. The van der Waals surface area contributed by atoms with Crippen molar-refractivity contribution in [2.45, 2.75) is 44.4 Å². The van der Waals surface area contributed by atoms with Crippen molar-refractivity contribution in [2.24, 2.45) is 0 Å². The number of nitrogens with zero attached hydrogens (tertiary/aromatic N) is 4. The summed E-state index contributed by atoms with van der Waals surface area (Å²) in [5.41, 5.74) is 0. The van der Waals surface area contributed by atoms with Crippen molar-refractivity contribution in [1.82, 2.24) is 19.7 Å². The molecule has 0 bridgehead atoms. The van der Waals surface area contributed by atoms with Crippen LogP contribution in [0.1, 0.15) is 25.6 Å². The molecule has 7 heteroatoms. The van der Waals surface area contributed by atoms with Crippen LogP contribution in [0, 0.1) is 6.92 Å². The number of rotatable bonds is 6. The Labute approximate surface area is 117 Å². The molecular formula is C12H20N4O2S. The SMILES string of the molecule is Cc1nnc(SCC(=O)O)n1CC(C)N1CCCC1. The molecule has 2 rings (SSSR count). The Hall–Kier alpha value is -1.08. The van der Waals surface area contributed by atoms with Crippen LogP contribution in [-0.2, 0) is 11.3 Å². The maximum atomic E-state index is 10.6. The van der Waals surface area contributed by atoms with Gasteiger partial charge in [-0.2, -0.15) is 0 Å². The average molecular weight is 284 g/mol. The van der Waals surface area contributed by atoms with Gasteiger partial charge in [0.2, 0.25) is 0 Å². The number of thioether (sulfide) groups is 1. The summed E-state index contributed by atoms with van der Waals surface area (Å²) in [5.74, 6) is 0.0414. The van der Waals surface area contributed by atoms with Gasteiger partial charge in [0.25, 0.3) is 0 Å². The van der Waals surface area contributed by atoms with E-state index in [0.717, 1.165) is 25.5 Å². The number of hydrogen-bond acceptors (Lipinski definition) is 5. The van der Waals surface area contributed by atoms with Crippen molar-refractivity contribution in [3.8, 4) is 0 Å². The van der Waals surface area contributed by atoms with Gasteiger partial charge in [0.05, 0.1) is 5.75 Å². The van der Waals surface area contributed by atoms with Crippen molar-refractivity contribution in [2.75, 3.05) is 18.8 Å². The lowest BCUT2D eigenvalue weighted by atomic mass is 10.3. The maximum absolute atomic E-state index is 10.6. The second-order valence-electron chi connectivity index (χ2n) is 4.91. The van der Waals surface area contributed by atoms with Crippen LogP contribution in [0.3, 0.4) is 0 Å². The van der Waals surface area contributed by atoms with E-state index in [-0.39, 0.29) is 5.75 Å². The minimum Gasteiger partial charge on any atom is -0.481 e. The summed E-state index contributed by atoms with van der Waals surface area (Å²) in [6.45, 7) is 7.24. The van der Waals surface area contributed by atoms with Gasteiger partial charge in [-0.15, -0.1) is 10.2 Å². The molecule has 0 amide bonds. The maximum Gasteiger partial charge on any atom is 0.313 e. The molecule has 1 unspecified atom stereocenters. The van der Waals surface area contributed by atoms with Crippen LogP contribution in [0.15, 0.2) is 5.16 Å². The highest BCUT2D eigenvalue weighted by Crippen LogP contribution is 2.19. The van der Waals surface area contributed by atoms with E-state index in [0.29, 0.717) is 11.2 Å². The van der Waals surface area contributed by atoms with E-state index in [1.807, 2.05) is 11.5 Å². The predicted molar refractivity (Wildman–Crippen MR) is 73.4 cm³/mol. The van der Waals surface area contributed by atoms with Gasteiger partial charge in [-0.25, -0.2) is 0 Å². The van der Waals surface area contributed by atoms with Crippen LogP contribution in [-0.4, -0.2) is 55.6 Å². The van der Waals surface area contributed by atoms with E-state index in [4.69, 9.17) is 5.11 Å². The Bertz CT molecular complexity index is 443. The quantitative estimate of drug-likeness (QED) is 0.793. The molecule has 19 heavy (non-hydrogen) atoms. The molecule has 0 saturated carbocycles. The Morgan fingerprint density at radius 1 is 1.42 bits per heavy atom. The lowest BCUT2D eigenvalue weighted by Crippen LogP contribution is -2.34. The van der Waals surface area contributed by atoms with E-state index >= 15 is 0 Å². The molecule has 1 fully saturated rings. The molecule has 1 saturated heterocycles. The van der Waals surface area contributed by atoms with E-state index in [1.54, 1.807) is 0 Å². The summed E-state index contributed by atoms with van der Waals surface area (Å²) in [4.78, 5) is 13.1. The summed E-state index contributed by atoms with van der Waals surface area (Å²) in [6.07, 6.45) is 2.54. The van der Waals surface area contributed by atoms with E-state index in [1.165, 1.54) is 24.6 Å². The van der Waals surface area contributed by atoms with Crippen molar-refractivity contribution < 1.29 is 9.90 Å². The minimum atomic E-state index is -0.829. The molecule has 1 N–H and O–H groups in total. The first-order valence-electron chi connectivity index (χ1n) is 6.56. The van der Waals surface area contributed by atoms with Gasteiger partial charge in [-0.1, -0.05) is 11.8 Å². The van der Waals surface area contributed by atoms with Crippen LogP contribution in [0.25, 0.3) is 0 Å². The summed E-state index contributed by atoms with van der Waals surface area (Å²) < 4.78 is 2.02. The fourth-order valence-electron chi connectivity index (χ4n) is 2.37. The number of aliphatic carboxylic acids is 1. The molecule has 1 aliphatic rings. The van der Waals surface area contributed by atoms with Crippen LogP contribution >= 0.6 is 11.8 Å². The first kappa shape index (κ1) is 14.3. The number of carboxylic acid groups (broad SMARTS) is 1. The molecule has 1 aromatic heterocycles. The zero-order valence-corrected chi connectivity index (χ0v) is 12.2. The second-order valence-corrected chi connectivity index (χ2v) is 5.86. The van der Waals surface area contributed by atoms with Crippen LogP contribution in [0.2, 0.25) is 0 Å². The highest BCUT2D eigenvalue weighted by atomic mass is 32.2. The molecule has 0 aliphatic carbocycles. The number of hydrogen-bond donors (Lipinski definition) is 1. The smallest absolute Gasteiger partial charge is 0.313 e. The number of aryl methyl sites for hydroxylation is 1. The molecule has 1 atom stereocenters. The lowest BCUT2D eigenvalue weighted by Gasteiger charge is -2.24. The van der Waals surface area contributed by atoms with Gasteiger partial charge in [0.1, 0.15) is 5.82 Å². The van der Waals surface area contributed by atoms with Gasteiger partial charge in [0.15, 0.2) is 5.16 Å². The van der Waals surface area contributed by atoms with Crippen molar-refractivity contribution in [1.29, 1.82) is 0 Å². The van der Waals surface area contributed by atoms with Gasteiger partial charge < -0.3 is 9.67 Å². The van der Waals surface area contributed by atoms with Gasteiger partial charge in [0, 0.05) is 12.6 Å². The van der Waals surface area contributed by atoms with Gasteiger partial charge in [-0.05, 0) is 39.8 Å². The third-order valence-electron chi connectivity index (χ3n) is 3.44. The fourth-order valence-corrected chi connectivity index (χ4v) is 3.08. The third kappa shape index (κ3) is 3.70. The minimum absolute atomic E-state index is 0.0240. The normalized spacial score (nSPS) is 17.8. The van der Waals surface area contributed by atoms with Crippen molar-refractivity contribution >= 4 is 17.7 Å². The number of likely N-dealkylation sites (tertiary alicyclic amines) is 1. The van der Waals surface area contributed by atoms with Crippen molar-refractivity contribution in [3.63, 3.8) is 0 Å². The van der Waals surface area contributed by atoms with E-state index in [9.17, 15) is 4.79 Å². The van der Waals surface area contributed by atoms with Crippen LogP contribution in [0.5, 0.6) is 0 Å². The zero-order chi connectivity index (χ0) is 13.8. The Balaban J connectivity index is 2.01. The Morgan fingerprint density at radius 2 is 2.11 bits per heavy atom. The summed E-state index contributed by atoms with van der Waals surface area (Å²) in [5, 5.41) is 17.6. The number of aromatic nitrogens is 3. The van der Waals surface area contributed by atoms with Gasteiger partial charge >= 0.3 is 5.97 Å². The summed E-state index contributed by atoms with van der Waals surface area (Å²) in [6, 6.07) is 0.432. The van der Waals surface area contributed by atoms with Gasteiger partial charge in [-0.3, -0.25) is 9.69 Å². The molecule has 106 valence electrons. The first-order valence-corrected chi connectivity index (χ1v) is 7.55. The van der Waals surface area contributed by atoms with Crippen molar-refractivity contribution in [3.05, 3.63) is 5.82 Å². The highest BCUT2D eigenvalue weighted by Gasteiger charge is 2.20. The monoisotopic (exact) mass is 284 g/mol. The molecule has 2 heterocycles. The first-order chi connectivity index (χ1) is 9.08. The lowest BCUT2D eigenvalue weighted by molar-refractivity contribution is -0.133. The highest BCUT2D eigenvalue weighted by molar-refractivity contribution is 7.99. The molecule has 6 nitrogen and oxygen atoms in total. The molecular weight excluding hydrogens is 264 g/mol. The summed E-state index contributed by atoms with van der Waals surface area (Å²) in [7, 11) is 0. The van der Waals surface area contributed by atoms with Crippen LogP contribution in [0.4, 0.5) is 0 Å². The summed E-state index contributed by atoms with van der Waals surface area (Å²) >= 11 is 1.23. The largest absolute Gasteiger partial charge is 0.481 e. The topological polar surface area (TPSA) is 71.2 Å². The molecule has 1 aromatic rings. The predicted octanol–water partition coefficient (Wildman–Crippen LogP) is 1.25. The Morgan fingerprint density at radius 3 is 2.74 bits per heavy atom. The second kappa shape index (κ2) is 6.38. The standard InChI is InChI=1S/C12H20N4O2S/c1-9(15-5-3-4-6-15)7-16-10(2)13-14-12(16)19-8-11(17)18/h9H,3-8H2,1-2H3,(H,17,18). The van der Waals surface area contributed by atoms with E-state index < -0.39 is 5.97 Å². The van der Waals surface area contributed by atoms with E-state index in [2.05, 4.69) is 22.0 Å². The third-order valence-corrected chi connectivity index (χ3v) is 4.39. The number of carbonyl (C=O) groups is 1. The molecule has 0 aromatic carbocycles. The molecule has 1 aliphatic heterocycles. The molecule has 0 radical (unpaired) electrons. The number of carboxylic acids is 1. The zero-order valence-electron chi connectivity index (χ0n) is 11.4. The Kier molecular flexibility index (Phi) is 4.81.